The summed E-state index contributed by atoms with van der Waals surface area (Å²) < 4.78 is 2.83. The molecule has 0 bridgehead atoms. The summed E-state index contributed by atoms with van der Waals surface area (Å²) in [5.41, 5.74) is 3.09. The van der Waals surface area contributed by atoms with Crippen LogP contribution in [0.4, 0.5) is 0 Å². The zero-order chi connectivity index (χ0) is 15.6. The number of hydrogen-bond donors (Lipinski definition) is 1. The van der Waals surface area contributed by atoms with E-state index in [9.17, 15) is 0 Å². The minimum Gasteiger partial charge on any atom is -0.313 e. The first-order chi connectivity index (χ1) is 9.96. The van der Waals surface area contributed by atoms with Crippen LogP contribution in [0.1, 0.15) is 29.9 Å². The topological polar surface area (TPSA) is 29.9 Å². The molecule has 0 aliphatic carbocycles. The van der Waals surface area contributed by atoms with Crippen LogP contribution in [0.3, 0.4) is 0 Å². The average Bonchev–Trinajstić information content (AvgIpc) is 2.70. The van der Waals surface area contributed by atoms with Crippen molar-refractivity contribution in [3.05, 3.63) is 49.7 Å². The summed E-state index contributed by atoms with van der Waals surface area (Å²) in [6, 6.07) is 6.04. The van der Waals surface area contributed by atoms with Crippen LogP contribution in [-0.4, -0.2) is 16.8 Å². The first-order valence-corrected chi connectivity index (χ1v) is 8.34. The van der Waals surface area contributed by atoms with E-state index in [0.717, 1.165) is 39.3 Å². The van der Waals surface area contributed by atoms with Crippen molar-refractivity contribution in [1.82, 2.24) is 15.1 Å². The first-order valence-electron chi connectivity index (χ1n) is 6.79. The number of likely N-dealkylation sites (N-methyl/N-ethyl adjacent to an activating group) is 1. The average molecular weight is 391 g/mol. The van der Waals surface area contributed by atoms with Gasteiger partial charge in [0.25, 0.3) is 0 Å². The monoisotopic (exact) mass is 389 g/mol. The van der Waals surface area contributed by atoms with Crippen molar-refractivity contribution >= 4 is 39.1 Å². The van der Waals surface area contributed by atoms with E-state index < -0.39 is 0 Å². The fourth-order valence-corrected chi connectivity index (χ4v) is 3.66. The van der Waals surface area contributed by atoms with E-state index >= 15 is 0 Å². The van der Waals surface area contributed by atoms with Gasteiger partial charge in [-0.25, -0.2) is 0 Å². The summed E-state index contributed by atoms with van der Waals surface area (Å²) in [6.07, 6.45) is 1.59. The Hall–Kier alpha value is -0.550. The van der Waals surface area contributed by atoms with Crippen molar-refractivity contribution < 1.29 is 0 Å². The summed E-state index contributed by atoms with van der Waals surface area (Å²) >= 11 is 16.1. The van der Waals surface area contributed by atoms with E-state index in [0.29, 0.717) is 5.02 Å². The van der Waals surface area contributed by atoms with Gasteiger partial charge in [-0.15, -0.1) is 0 Å². The molecule has 0 saturated carbocycles. The van der Waals surface area contributed by atoms with Gasteiger partial charge >= 0.3 is 0 Å². The molecule has 1 atom stereocenters. The molecule has 21 heavy (non-hydrogen) atoms. The van der Waals surface area contributed by atoms with Gasteiger partial charge < -0.3 is 5.32 Å². The molecular weight excluding hydrogens is 373 g/mol. The molecule has 3 nitrogen and oxygen atoms in total. The minimum atomic E-state index is 0.123. The summed E-state index contributed by atoms with van der Waals surface area (Å²) in [5.74, 6) is 0. The van der Waals surface area contributed by atoms with Crippen molar-refractivity contribution in [3.8, 4) is 0 Å². The highest BCUT2D eigenvalue weighted by Crippen LogP contribution is 2.29. The molecule has 0 saturated heterocycles. The molecular formula is C15H18BrCl2N3. The molecule has 1 N–H and O–H groups in total. The normalized spacial score (nSPS) is 12.7. The zero-order valence-electron chi connectivity index (χ0n) is 12.3. The lowest BCUT2D eigenvalue weighted by Gasteiger charge is -2.18. The summed E-state index contributed by atoms with van der Waals surface area (Å²) in [4.78, 5) is 0. The van der Waals surface area contributed by atoms with Gasteiger partial charge in [0.15, 0.2) is 0 Å². The highest BCUT2D eigenvalue weighted by Gasteiger charge is 2.19. The quantitative estimate of drug-likeness (QED) is 0.811. The van der Waals surface area contributed by atoms with Crippen molar-refractivity contribution in [2.45, 2.75) is 25.8 Å². The van der Waals surface area contributed by atoms with E-state index in [1.165, 1.54) is 0 Å². The number of nitrogens with zero attached hydrogens (tertiary/aromatic N) is 2. The Bertz CT molecular complexity index is 620. The van der Waals surface area contributed by atoms with Crippen LogP contribution in [0, 0.1) is 0 Å². The molecule has 6 heteroatoms. The van der Waals surface area contributed by atoms with Crippen molar-refractivity contribution in [1.29, 1.82) is 0 Å². The smallest absolute Gasteiger partial charge is 0.0850 e. The molecule has 1 unspecified atom stereocenters. The fourth-order valence-electron chi connectivity index (χ4n) is 2.40. The van der Waals surface area contributed by atoms with E-state index in [4.69, 9.17) is 23.2 Å². The predicted molar refractivity (Wildman–Crippen MR) is 92.3 cm³/mol. The molecule has 114 valence electrons. The second kappa shape index (κ2) is 7.14. The van der Waals surface area contributed by atoms with Gasteiger partial charge in [-0.3, -0.25) is 4.68 Å². The van der Waals surface area contributed by atoms with Crippen LogP contribution in [0.15, 0.2) is 22.7 Å². The van der Waals surface area contributed by atoms with Gasteiger partial charge in [-0.2, -0.15) is 5.10 Å². The van der Waals surface area contributed by atoms with E-state index in [1.54, 1.807) is 0 Å². The Morgan fingerprint density at radius 2 is 2.05 bits per heavy atom. The van der Waals surface area contributed by atoms with Crippen molar-refractivity contribution in [3.63, 3.8) is 0 Å². The van der Waals surface area contributed by atoms with Crippen molar-refractivity contribution in [2.24, 2.45) is 7.05 Å². The largest absolute Gasteiger partial charge is 0.313 e. The van der Waals surface area contributed by atoms with Gasteiger partial charge in [0.2, 0.25) is 0 Å². The number of nitrogens with one attached hydrogen (secondary N) is 1. The van der Waals surface area contributed by atoms with E-state index in [1.807, 2.05) is 30.9 Å². The lowest BCUT2D eigenvalue weighted by atomic mass is 10.0. The predicted octanol–water partition coefficient (Wildman–Crippen LogP) is 4.56. The molecule has 0 fully saturated rings. The Morgan fingerprint density at radius 1 is 1.33 bits per heavy atom. The Balaban J connectivity index is 2.33. The molecule has 1 aromatic carbocycles. The molecule has 0 spiro atoms. The Morgan fingerprint density at radius 3 is 2.57 bits per heavy atom. The lowest BCUT2D eigenvalue weighted by Crippen LogP contribution is -2.20. The summed E-state index contributed by atoms with van der Waals surface area (Å²) in [6.45, 7) is 2.06. The highest BCUT2D eigenvalue weighted by molar-refractivity contribution is 9.10. The third kappa shape index (κ3) is 3.81. The third-order valence-electron chi connectivity index (χ3n) is 3.54. The maximum atomic E-state index is 6.43. The maximum Gasteiger partial charge on any atom is 0.0850 e. The molecule has 0 amide bonds. The maximum absolute atomic E-state index is 6.43. The van der Waals surface area contributed by atoms with Gasteiger partial charge in [-0.05, 0) is 37.2 Å². The van der Waals surface area contributed by atoms with Gasteiger partial charge in [0.05, 0.1) is 16.4 Å². The number of aromatic nitrogens is 2. The first kappa shape index (κ1) is 16.8. The van der Waals surface area contributed by atoms with E-state index in [-0.39, 0.29) is 6.04 Å². The van der Waals surface area contributed by atoms with Gasteiger partial charge in [-0.1, -0.05) is 46.1 Å². The molecule has 2 rings (SSSR count). The van der Waals surface area contributed by atoms with Crippen LogP contribution < -0.4 is 5.32 Å². The summed E-state index contributed by atoms with van der Waals surface area (Å²) in [5, 5.41) is 9.27. The molecule has 0 radical (unpaired) electrons. The minimum absolute atomic E-state index is 0.123. The van der Waals surface area contributed by atoms with Gasteiger partial charge in [0.1, 0.15) is 0 Å². The zero-order valence-corrected chi connectivity index (χ0v) is 15.3. The Labute approximate surface area is 143 Å². The molecule has 1 heterocycles. The van der Waals surface area contributed by atoms with Crippen molar-refractivity contribution in [2.75, 3.05) is 7.05 Å². The summed E-state index contributed by atoms with van der Waals surface area (Å²) in [7, 11) is 3.87. The number of benzene rings is 1. The fraction of sp³-hybridized carbons (Fsp3) is 0.400. The molecule has 0 aliphatic heterocycles. The number of hydrogen-bond acceptors (Lipinski definition) is 2. The SMILES string of the molecule is CCc1nn(C)c(CC(NC)c2cc(Cl)cc(Br)c2)c1Cl. The Kier molecular flexibility index (Phi) is 5.72. The number of aryl methyl sites for hydroxylation is 2. The molecule has 1 aromatic heterocycles. The molecule has 2 aromatic rings. The van der Waals surface area contributed by atoms with Crippen LogP contribution in [0.5, 0.6) is 0 Å². The van der Waals surface area contributed by atoms with Crippen LogP contribution in [0.2, 0.25) is 10.0 Å². The number of halogens is 3. The standard InChI is InChI=1S/C15H18BrCl2N3/c1-4-12-15(18)14(21(3)20-12)8-13(19-2)9-5-10(16)7-11(17)6-9/h5-7,13,19H,4,8H2,1-3H3. The second-order valence-corrected chi connectivity index (χ2v) is 6.66. The highest BCUT2D eigenvalue weighted by atomic mass is 79.9. The van der Waals surface area contributed by atoms with E-state index in [2.05, 4.69) is 39.3 Å². The number of rotatable bonds is 5. The molecule has 0 aliphatic rings. The third-order valence-corrected chi connectivity index (χ3v) is 4.65. The van der Waals surface area contributed by atoms with Crippen LogP contribution in [-0.2, 0) is 19.9 Å². The lowest BCUT2D eigenvalue weighted by molar-refractivity contribution is 0.561. The second-order valence-electron chi connectivity index (χ2n) is 4.93. The van der Waals surface area contributed by atoms with Crippen LogP contribution >= 0.6 is 39.1 Å². The van der Waals surface area contributed by atoms with Gasteiger partial charge in [0, 0.05) is 29.0 Å². The van der Waals surface area contributed by atoms with Crippen LogP contribution in [0.25, 0.3) is 0 Å².